The summed E-state index contributed by atoms with van der Waals surface area (Å²) in [6, 6.07) is 3.65. The molecule has 0 N–H and O–H groups in total. The minimum atomic E-state index is 0.402. The van der Waals surface area contributed by atoms with E-state index in [1.54, 1.807) is 0 Å². The van der Waals surface area contributed by atoms with E-state index in [2.05, 4.69) is 20.9 Å². The first-order valence-electron chi connectivity index (χ1n) is 3.69. The molecular weight excluding hydrogens is 308 g/mol. The van der Waals surface area contributed by atoms with E-state index in [1.165, 1.54) is 6.20 Å². The van der Waals surface area contributed by atoms with Crippen LogP contribution >= 0.6 is 50.7 Å². The Bertz CT molecular complexity index is 470. The normalized spacial score (nSPS) is 10.9. The molecule has 0 saturated heterocycles. The van der Waals surface area contributed by atoms with E-state index in [9.17, 15) is 0 Å². The van der Waals surface area contributed by atoms with Gasteiger partial charge in [0.25, 0.3) is 0 Å². The summed E-state index contributed by atoms with van der Waals surface area (Å²) < 4.78 is 0.776. The number of halogens is 4. The topological polar surface area (TPSA) is 12.9 Å². The Morgan fingerprint density at radius 1 is 1.07 bits per heavy atom. The molecule has 1 nitrogen and oxygen atoms in total. The minimum absolute atomic E-state index is 0.402. The molecular formula is C9H3BrCl3N. The van der Waals surface area contributed by atoms with Gasteiger partial charge in [0.15, 0.2) is 0 Å². The summed E-state index contributed by atoms with van der Waals surface area (Å²) in [5.41, 5.74) is 0.729. The van der Waals surface area contributed by atoms with E-state index >= 15 is 0 Å². The van der Waals surface area contributed by atoms with E-state index in [-0.39, 0.29) is 0 Å². The van der Waals surface area contributed by atoms with E-state index in [0.29, 0.717) is 20.5 Å². The lowest BCUT2D eigenvalue weighted by molar-refractivity contribution is 1.41. The van der Waals surface area contributed by atoms with Crippen LogP contribution in [-0.4, -0.2) is 4.98 Å². The Labute approximate surface area is 104 Å². The molecule has 0 atom stereocenters. The molecule has 2 rings (SSSR count). The van der Waals surface area contributed by atoms with Gasteiger partial charge in [0.2, 0.25) is 0 Å². The highest BCUT2D eigenvalue weighted by Gasteiger charge is 2.10. The third kappa shape index (κ3) is 1.61. The van der Waals surface area contributed by atoms with Gasteiger partial charge in [-0.15, -0.1) is 0 Å². The molecule has 0 saturated carbocycles. The van der Waals surface area contributed by atoms with Crippen molar-refractivity contribution >= 4 is 61.6 Å². The van der Waals surface area contributed by atoms with Crippen LogP contribution in [0.15, 0.2) is 22.8 Å². The number of hydrogen-bond donors (Lipinski definition) is 0. The largest absolute Gasteiger partial charge is 0.255 e. The maximum atomic E-state index is 6.07. The van der Waals surface area contributed by atoms with E-state index in [0.717, 1.165) is 9.99 Å². The fraction of sp³-hybridized carbons (Fsp3) is 0. The number of nitrogens with zero attached hydrogens (tertiary/aromatic N) is 1. The zero-order chi connectivity index (χ0) is 10.3. The molecule has 0 radical (unpaired) electrons. The fourth-order valence-corrected chi connectivity index (χ4v) is 2.18. The van der Waals surface area contributed by atoms with Gasteiger partial charge in [0.1, 0.15) is 0 Å². The summed E-state index contributed by atoms with van der Waals surface area (Å²) in [6.45, 7) is 0. The average molecular weight is 311 g/mol. The van der Waals surface area contributed by atoms with Gasteiger partial charge >= 0.3 is 0 Å². The summed E-state index contributed by atoms with van der Waals surface area (Å²) >= 11 is 21.3. The van der Waals surface area contributed by atoms with Crippen LogP contribution in [-0.2, 0) is 0 Å². The quantitative estimate of drug-likeness (QED) is 0.670. The summed E-state index contributed by atoms with van der Waals surface area (Å²) in [5.74, 6) is 0. The van der Waals surface area contributed by atoms with Crippen LogP contribution in [0.5, 0.6) is 0 Å². The third-order valence-corrected chi connectivity index (χ3v) is 3.88. The number of aromatic nitrogens is 1. The van der Waals surface area contributed by atoms with Gasteiger partial charge in [-0.1, -0.05) is 34.8 Å². The zero-order valence-electron chi connectivity index (χ0n) is 6.69. The maximum absolute atomic E-state index is 6.07. The van der Waals surface area contributed by atoms with Crippen molar-refractivity contribution in [3.8, 4) is 0 Å². The Kier molecular flexibility index (Phi) is 2.89. The van der Waals surface area contributed by atoms with Gasteiger partial charge in [-0.25, -0.2) is 0 Å². The predicted molar refractivity (Wildman–Crippen MR) is 64.5 cm³/mol. The third-order valence-electron chi connectivity index (χ3n) is 1.82. The first kappa shape index (κ1) is 10.5. The molecule has 1 heterocycles. The average Bonchev–Trinajstić information content (AvgIpc) is 2.17. The molecule has 0 amide bonds. The van der Waals surface area contributed by atoms with Crippen molar-refractivity contribution in [1.82, 2.24) is 4.98 Å². The molecule has 0 aliphatic carbocycles. The molecule has 72 valence electrons. The van der Waals surface area contributed by atoms with Crippen LogP contribution in [0.1, 0.15) is 0 Å². The van der Waals surface area contributed by atoms with Crippen LogP contribution in [0, 0.1) is 0 Å². The van der Waals surface area contributed by atoms with Gasteiger partial charge in [-0.3, -0.25) is 4.98 Å². The molecule has 2 aromatic rings. The molecule has 0 aliphatic heterocycles. The van der Waals surface area contributed by atoms with Crippen LogP contribution in [0.3, 0.4) is 0 Å². The molecule has 0 aliphatic rings. The Morgan fingerprint density at radius 3 is 2.50 bits per heavy atom. The van der Waals surface area contributed by atoms with Gasteiger partial charge in [-0.2, -0.15) is 0 Å². The summed E-state index contributed by atoms with van der Waals surface area (Å²) in [7, 11) is 0. The molecule has 0 bridgehead atoms. The molecule has 1 aromatic heterocycles. The molecule has 0 spiro atoms. The SMILES string of the molecule is Clc1cnc2ccc(Br)c(Cl)c2c1Cl. The monoisotopic (exact) mass is 309 g/mol. The predicted octanol–water partition coefficient (Wildman–Crippen LogP) is 4.96. The summed E-state index contributed by atoms with van der Waals surface area (Å²) in [6.07, 6.45) is 1.51. The second-order valence-electron chi connectivity index (χ2n) is 2.68. The van der Waals surface area contributed by atoms with Gasteiger partial charge < -0.3 is 0 Å². The molecule has 14 heavy (non-hydrogen) atoms. The van der Waals surface area contributed by atoms with Gasteiger partial charge in [-0.05, 0) is 28.1 Å². The number of rotatable bonds is 0. The number of pyridine rings is 1. The Morgan fingerprint density at radius 2 is 1.79 bits per heavy atom. The van der Waals surface area contributed by atoms with Crippen LogP contribution in [0.4, 0.5) is 0 Å². The van der Waals surface area contributed by atoms with Crippen molar-refractivity contribution in [2.75, 3.05) is 0 Å². The standard InChI is InChI=1S/C9H3BrCl3N/c10-4-1-2-6-7(8(4)12)9(13)5(11)3-14-6/h1-3H. The van der Waals surface area contributed by atoms with E-state index in [1.807, 2.05) is 12.1 Å². The van der Waals surface area contributed by atoms with Crippen LogP contribution in [0.25, 0.3) is 10.9 Å². The first-order chi connectivity index (χ1) is 6.61. The number of hydrogen-bond acceptors (Lipinski definition) is 1. The molecule has 1 aromatic carbocycles. The highest BCUT2D eigenvalue weighted by molar-refractivity contribution is 9.10. The van der Waals surface area contributed by atoms with Crippen molar-refractivity contribution in [2.24, 2.45) is 0 Å². The second kappa shape index (κ2) is 3.86. The number of fused-ring (bicyclic) bond motifs is 1. The van der Waals surface area contributed by atoms with E-state index < -0.39 is 0 Å². The van der Waals surface area contributed by atoms with Gasteiger partial charge in [0, 0.05) is 16.1 Å². The lowest BCUT2D eigenvalue weighted by atomic mass is 10.2. The first-order valence-corrected chi connectivity index (χ1v) is 5.61. The molecule has 5 heteroatoms. The second-order valence-corrected chi connectivity index (χ2v) is 4.69. The van der Waals surface area contributed by atoms with Crippen LogP contribution in [0.2, 0.25) is 15.1 Å². The van der Waals surface area contributed by atoms with E-state index in [4.69, 9.17) is 34.8 Å². The smallest absolute Gasteiger partial charge is 0.0782 e. The molecule has 0 fully saturated rings. The Hall–Kier alpha value is -0.0200. The zero-order valence-corrected chi connectivity index (χ0v) is 10.5. The lowest BCUT2D eigenvalue weighted by Crippen LogP contribution is -1.83. The molecule has 0 unspecified atom stereocenters. The maximum Gasteiger partial charge on any atom is 0.0782 e. The summed E-state index contributed by atoms with van der Waals surface area (Å²) in [5, 5.41) is 2.04. The van der Waals surface area contributed by atoms with Crippen LogP contribution < -0.4 is 0 Å². The fourth-order valence-electron chi connectivity index (χ4n) is 1.16. The van der Waals surface area contributed by atoms with Gasteiger partial charge in [0.05, 0.1) is 20.6 Å². The van der Waals surface area contributed by atoms with Crippen molar-refractivity contribution in [3.63, 3.8) is 0 Å². The minimum Gasteiger partial charge on any atom is -0.255 e. The highest BCUT2D eigenvalue weighted by Crippen LogP contribution is 2.37. The van der Waals surface area contributed by atoms with Crippen molar-refractivity contribution < 1.29 is 0 Å². The highest BCUT2D eigenvalue weighted by atomic mass is 79.9. The summed E-state index contributed by atoms with van der Waals surface area (Å²) in [4.78, 5) is 4.12. The van der Waals surface area contributed by atoms with Crippen molar-refractivity contribution in [1.29, 1.82) is 0 Å². The lowest BCUT2D eigenvalue weighted by Gasteiger charge is -2.05. The Balaban J connectivity index is 2.98. The van der Waals surface area contributed by atoms with Crippen molar-refractivity contribution in [2.45, 2.75) is 0 Å². The number of benzene rings is 1. The van der Waals surface area contributed by atoms with Crippen molar-refractivity contribution in [3.05, 3.63) is 37.9 Å².